The van der Waals surface area contributed by atoms with Crippen LogP contribution in [0.5, 0.6) is 5.75 Å². The number of benzene rings is 1. The molecular weight excluding hydrogens is 336 g/mol. The summed E-state index contributed by atoms with van der Waals surface area (Å²) in [6.07, 6.45) is 0. The molecule has 0 amide bonds. The van der Waals surface area contributed by atoms with Crippen LogP contribution in [0.2, 0.25) is 0 Å². The van der Waals surface area contributed by atoms with Gasteiger partial charge in [0.15, 0.2) is 5.16 Å². The molecule has 1 aromatic carbocycles. The maximum absolute atomic E-state index is 5.51. The van der Waals surface area contributed by atoms with Crippen LogP contribution in [0.4, 0.5) is 0 Å². The van der Waals surface area contributed by atoms with E-state index in [4.69, 9.17) is 4.74 Å². The monoisotopic (exact) mass is 356 g/mol. The minimum Gasteiger partial charge on any atom is -0.494 e. The van der Waals surface area contributed by atoms with Gasteiger partial charge in [0, 0.05) is 17.1 Å². The molecule has 20 heavy (non-hydrogen) atoms. The van der Waals surface area contributed by atoms with Gasteiger partial charge in [-0.25, -0.2) is 4.98 Å². The Morgan fingerprint density at radius 3 is 2.85 bits per heavy atom. The lowest BCUT2D eigenvalue weighted by Crippen LogP contribution is -2.12. The molecule has 0 spiro atoms. The number of hydrogen-bond donors (Lipinski definition) is 1. The Hall–Kier alpha value is -0.680. The minimum absolute atomic E-state index is 0.659. The number of hydrogen-bond acceptors (Lipinski definition) is 3. The van der Waals surface area contributed by atoms with Gasteiger partial charge in [-0.3, -0.25) is 0 Å². The molecule has 1 unspecified atom stereocenters. The molecular formula is C15H21BrN2OS. The summed E-state index contributed by atoms with van der Waals surface area (Å²) < 4.78 is 5.51. The van der Waals surface area contributed by atoms with Crippen LogP contribution in [0, 0.1) is 11.8 Å². The molecule has 3 nitrogen and oxygen atoms in total. The van der Waals surface area contributed by atoms with Crippen LogP contribution in [-0.2, 0) is 0 Å². The highest BCUT2D eigenvalue weighted by atomic mass is 79.9. The molecule has 0 radical (unpaired) electrons. The highest BCUT2D eigenvalue weighted by Crippen LogP contribution is 2.27. The number of nitrogens with one attached hydrogen (secondary N) is 1. The number of alkyl halides is 1. The third kappa shape index (κ3) is 3.92. The van der Waals surface area contributed by atoms with E-state index in [0.717, 1.165) is 33.0 Å². The van der Waals surface area contributed by atoms with E-state index in [9.17, 15) is 0 Å². The average Bonchev–Trinajstić information content (AvgIpc) is 2.81. The number of aromatic nitrogens is 2. The highest BCUT2D eigenvalue weighted by Gasteiger charge is 2.13. The zero-order chi connectivity index (χ0) is 14.5. The van der Waals surface area contributed by atoms with Gasteiger partial charge in [0.05, 0.1) is 17.6 Å². The van der Waals surface area contributed by atoms with Crippen molar-refractivity contribution in [3.63, 3.8) is 0 Å². The molecule has 110 valence electrons. The summed E-state index contributed by atoms with van der Waals surface area (Å²) in [4.78, 5) is 7.99. The zero-order valence-electron chi connectivity index (χ0n) is 12.1. The van der Waals surface area contributed by atoms with Gasteiger partial charge < -0.3 is 9.72 Å². The van der Waals surface area contributed by atoms with Gasteiger partial charge in [-0.05, 0) is 30.9 Å². The van der Waals surface area contributed by atoms with Crippen molar-refractivity contribution in [3.8, 4) is 5.75 Å². The fraction of sp³-hybridized carbons (Fsp3) is 0.533. The zero-order valence-corrected chi connectivity index (χ0v) is 14.6. The van der Waals surface area contributed by atoms with Gasteiger partial charge in [0.25, 0.3) is 0 Å². The first-order valence-electron chi connectivity index (χ1n) is 6.95. The van der Waals surface area contributed by atoms with E-state index in [0.29, 0.717) is 18.4 Å². The van der Waals surface area contributed by atoms with Crippen molar-refractivity contribution in [2.75, 3.05) is 17.7 Å². The molecule has 0 fully saturated rings. The Balaban J connectivity index is 2.07. The summed E-state index contributed by atoms with van der Waals surface area (Å²) in [6, 6.07) is 5.99. The molecule has 5 heteroatoms. The summed E-state index contributed by atoms with van der Waals surface area (Å²) in [7, 11) is 0. The lowest BCUT2D eigenvalue weighted by atomic mass is 10.0. The third-order valence-electron chi connectivity index (χ3n) is 3.32. The average molecular weight is 357 g/mol. The molecule has 0 aliphatic carbocycles. The third-order valence-corrected chi connectivity index (χ3v) is 5.21. The van der Waals surface area contributed by atoms with Crippen molar-refractivity contribution in [3.05, 3.63) is 18.2 Å². The maximum Gasteiger partial charge on any atom is 0.166 e. The molecule has 1 heterocycles. The first-order chi connectivity index (χ1) is 9.63. The number of aromatic amines is 1. The lowest BCUT2D eigenvalue weighted by Gasteiger charge is -2.16. The Morgan fingerprint density at radius 1 is 1.40 bits per heavy atom. The van der Waals surface area contributed by atoms with Crippen LogP contribution in [-0.4, -0.2) is 27.7 Å². The summed E-state index contributed by atoms with van der Waals surface area (Å²) in [6.45, 7) is 7.20. The normalized spacial score (nSPS) is 13.1. The van der Waals surface area contributed by atoms with E-state index in [1.165, 1.54) is 0 Å². The van der Waals surface area contributed by atoms with Crippen molar-refractivity contribution in [2.24, 2.45) is 11.8 Å². The highest BCUT2D eigenvalue weighted by molar-refractivity contribution is 9.09. The smallest absolute Gasteiger partial charge is 0.166 e. The maximum atomic E-state index is 5.51. The Labute approximate surface area is 133 Å². The van der Waals surface area contributed by atoms with E-state index in [1.807, 2.05) is 25.1 Å². The molecule has 1 aromatic heterocycles. The number of nitrogens with zero attached hydrogens (tertiary/aromatic N) is 1. The van der Waals surface area contributed by atoms with Crippen molar-refractivity contribution in [1.29, 1.82) is 0 Å². The molecule has 2 rings (SSSR count). The topological polar surface area (TPSA) is 37.9 Å². The lowest BCUT2D eigenvalue weighted by molar-refractivity contribution is 0.340. The number of ether oxygens (including phenoxy) is 1. The molecule has 1 N–H and O–H groups in total. The predicted octanol–water partition coefficient (Wildman–Crippen LogP) is 4.72. The van der Waals surface area contributed by atoms with Crippen molar-refractivity contribution in [1.82, 2.24) is 9.97 Å². The number of thioether (sulfide) groups is 1. The van der Waals surface area contributed by atoms with Gasteiger partial charge >= 0.3 is 0 Å². The fourth-order valence-corrected chi connectivity index (χ4v) is 4.39. The second-order valence-corrected chi connectivity index (χ2v) is 6.78. The van der Waals surface area contributed by atoms with Crippen LogP contribution < -0.4 is 4.74 Å². The summed E-state index contributed by atoms with van der Waals surface area (Å²) in [5, 5.41) is 2.02. The van der Waals surface area contributed by atoms with Gasteiger partial charge in [-0.1, -0.05) is 41.5 Å². The largest absolute Gasteiger partial charge is 0.494 e. The predicted molar refractivity (Wildman–Crippen MR) is 90.1 cm³/mol. The van der Waals surface area contributed by atoms with Crippen LogP contribution in [0.1, 0.15) is 20.8 Å². The van der Waals surface area contributed by atoms with Crippen molar-refractivity contribution in [2.45, 2.75) is 25.9 Å². The molecule has 0 bridgehead atoms. The van der Waals surface area contributed by atoms with Crippen LogP contribution in [0.15, 0.2) is 23.4 Å². The van der Waals surface area contributed by atoms with Crippen LogP contribution in [0.25, 0.3) is 11.0 Å². The molecule has 0 aliphatic heterocycles. The van der Waals surface area contributed by atoms with Crippen LogP contribution >= 0.6 is 27.7 Å². The second kappa shape index (κ2) is 7.36. The van der Waals surface area contributed by atoms with E-state index < -0.39 is 0 Å². The van der Waals surface area contributed by atoms with E-state index in [-0.39, 0.29) is 0 Å². The van der Waals surface area contributed by atoms with Gasteiger partial charge in [-0.2, -0.15) is 0 Å². The second-order valence-electron chi connectivity index (χ2n) is 5.12. The van der Waals surface area contributed by atoms with Gasteiger partial charge in [0.2, 0.25) is 0 Å². The minimum atomic E-state index is 0.659. The number of H-pyrrole nitrogens is 1. The van der Waals surface area contributed by atoms with Crippen molar-refractivity contribution < 1.29 is 4.74 Å². The molecule has 0 saturated heterocycles. The van der Waals surface area contributed by atoms with Gasteiger partial charge in [0.1, 0.15) is 5.75 Å². The van der Waals surface area contributed by atoms with Crippen molar-refractivity contribution >= 4 is 38.7 Å². The Morgan fingerprint density at radius 2 is 2.20 bits per heavy atom. The Kier molecular flexibility index (Phi) is 5.78. The Bertz CT molecular complexity index is 556. The summed E-state index contributed by atoms with van der Waals surface area (Å²) in [5.74, 6) is 3.30. The standard InChI is InChI=1S/C15H21BrN2OS/c1-4-19-12-5-6-13-14(7-12)18-15(17-13)20-9-11(8-16)10(2)3/h5-7,10-11H,4,8-9H2,1-3H3,(H,17,18). The van der Waals surface area contributed by atoms with E-state index in [1.54, 1.807) is 11.8 Å². The fourth-order valence-electron chi connectivity index (χ4n) is 1.89. The van der Waals surface area contributed by atoms with E-state index >= 15 is 0 Å². The number of fused-ring (bicyclic) bond motifs is 1. The molecule has 2 aromatic rings. The summed E-state index contributed by atoms with van der Waals surface area (Å²) in [5.41, 5.74) is 2.04. The quantitative estimate of drug-likeness (QED) is 0.576. The SMILES string of the molecule is CCOc1ccc2nc(SCC(CBr)C(C)C)[nH]c2c1. The number of halogens is 1. The number of rotatable bonds is 7. The first-order valence-corrected chi connectivity index (χ1v) is 9.06. The molecule has 1 atom stereocenters. The summed E-state index contributed by atoms with van der Waals surface area (Å²) >= 11 is 5.38. The van der Waals surface area contributed by atoms with Gasteiger partial charge in [-0.15, -0.1) is 0 Å². The number of imidazole rings is 1. The van der Waals surface area contributed by atoms with Crippen LogP contribution in [0.3, 0.4) is 0 Å². The van der Waals surface area contributed by atoms with E-state index in [2.05, 4.69) is 39.7 Å². The molecule has 0 saturated carbocycles. The first kappa shape index (κ1) is 15.7. The molecule has 0 aliphatic rings.